The molecular formula is C12H15FO2. The van der Waals surface area contributed by atoms with E-state index < -0.39 is 5.82 Å². The lowest BCUT2D eigenvalue weighted by Crippen LogP contribution is -2.12. The fraction of sp³-hybridized carbons (Fsp3) is 0.417. The van der Waals surface area contributed by atoms with Crippen LogP contribution in [0.3, 0.4) is 0 Å². The molecule has 1 rings (SSSR count). The van der Waals surface area contributed by atoms with Crippen molar-refractivity contribution in [1.82, 2.24) is 0 Å². The molecule has 0 amide bonds. The summed E-state index contributed by atoms with van der Waals surface area (Å²) in [6.45, 7) is 4.57. The second-order valence-corrected chi connectivity index (χ2v) is 3.84. The molecule has 0 saturated carbocycles. The van der Waals surface area contributed by atoms with Crippen LogP contribution in [-0.2, 0) is 4.74 Å². The van der Waals surface area contributed by atoms with Gasteiger partial charge in [-0.3, -0.25) is 4.79 Å². The highest BCUT2D eigenvalue weighted by Gasteiger charge is 2.06. The van der Waals surface area contributed by atoms with Gasteiger partial charge in [0.2, 0.25) is 0 Å². The lowest BCUT2D eigenvalue weighted by atomic mass is 10.1. The summed E-state index contributed by atoms with van der Waals surface area (Å²) in [5, 5.41) is 0. The van der Waals surface area contributed by atoms with Gasteiger partial charge in [0.05, 0.1) is 0 Å². The first kappa shape index (κ1) is 11.9. The van der Waals surface area contributed by atoms with Crippen molar-refractivity contribution < 1.29 is 13.9 Å². The Balaban J connectivity index is 2.47. The van der Waals surface area contributed by atoms with Gasteiger partial charge >= 0.3 is 0 Å². The molecule has 0 fully saturated rings. The summed E-state index contributed by atoms with van der Waals surface area (Å²) in [5.41, 5.74) is 0.360. The molecule has 0 N–H and O–H groups in total. The monoisotopic (exact) mass is 210 g/mol. The Bertz CT molecular complexity index is 334. The highest BCUT2D eigenvalue weighted by Crippen LogP contribution is 2.05. The van der Waals surface area contributed by atoms with Crippen LogP contribution in [0.2, 0.25) is 0 Å². The quantitative estimate of drug-likeness (QED) is 0.698. The first-order valence-corrected chi connectivity index (χ1v) is 4.96. The van der Waals surface area contributed by atoms with Gasteiger partial charge in [-0.15, -0.1) is 0 Å². The van der Waals surface area contributed by atoms with Gasteiger partial charge in [-0.2, -0.15) is 0 Å². The van der Waals surface area contributed by atoms with E-state index in [1.54, 1.807) is 6.07 Å². The molecule has 0 atom stereocenters. The molecule has 0 radical (unpaired) electrons. The van der Waals surface area contributed by atoms with Crippen molar-refractivity contribution in [2.75, 3.05) is 13.2 Å². The zero-order valence-electron chi connectivity index (χ0n) is 9.00. The molecule has 0 heterocycles. The number of halogens is 1. The van der Waals surface area contributed by atoms with Crippen molar-refractivity contribution in [1.29, 1.82) is 0 Å². The molecule has 3 heteroatoms. The Labute approximate surface area is 89.1 Å². The number of ether oxygens (including phenoxy) is 1. The average Bonchev–Trinajstić information content (AvgIpc) is 2.17. The number of hydrogen-bond acceptors (Lipinski definition) is 2. The van der Waals surface area contributed by atoms with Gasteiger partial charge < -0.3 is 4.74 Å². The summed E-state index contributed by atoms with van der Waals surface area (Å²) in [6, 6.07) is 5.64. The molecular weight excluding hydrogens is 195 g/mol. The van der Waals surface area contributed by atoms with Crippen LogP contribution in [0, 0.1) is 11.7 Å². The van der Waals surface area contributed by atoms with Crippen LogP contribution in [-0.4, -0.2) is 19.0 Å². The number of carbonyl (C=O) groups is 1. The van der Waals surface area contributed by atoms with Crippen LogP contribution in [0.15, 0.2) is 24.3 Å². The Hall–Kier alpha value is -1.22. The molecule has 0 unspecified atom stereocenters. The standard InChI is InChI=1S/C12H15FO2/c1-9(2)7-15-8-12(14)10-4-3-5-11(13)6-10/h3-6,9H,7-8H2,1-2H3. The number of Topliss-reactive ketones (excluding diaryl/α,β-unsaturated/α-hetero) is 1. The predicted octanol–water partition coefficient (Wildman–Crippen LogP) is 2.68. The van der Waals surface area contributed by atoms with E-state index in [4.69, 9.17) is 4.74 Å². The minimum atomic E-state index is -0.398. The molecule has 1 aromatic rings. The highest BCUT2D eigenvalue weighted by atomic mass is 19.1. The molecule has 0 spiro atoms. The molecule has 82 valence electrons. The molecule has 0 aromatic heterocycles. The topological polar surface area (TPSA) is 26.3 Å². The van der Waals surface area contributed by atoms with E-state index in [2.05, 4.69) is 0 Å². The number of carbonyl (C=O) groups excluding carboxylic acids is 1. The molecule has 1 aromatic carbocycles. The third-order valence-corrected chi connectivity index (χ3v) is 1.83. The fourth-order valence-corrected chi connectivity index (χ4v) is 1.13. The number of rotatable bonds is 5. The minimum Gasteiger partial charge on any atom is -0.373 e. The van der Waals surface area contributed by atoms with Gasteiger partial charge in [-0.25, -0.2) is 4.39 Å². The first-order chi connectivity index (χ1) is 7.09. The normalized spacial score (nSPS) is 10.7. The van der Waals surface area contributed by atoms with Crippen molar-refractivity contribution in [2.24, 2.45) is 5.92 Å². The Morgan fingerprint density at radius 2 is 2.20 bits per heavy atom. The Kier molecular flexibility index (Phi) is 4.43. The van der Waals surface area contributed by atoms with Gasteiger partial charge in [-0.05, 0) is 18.1 Å². The van der Waals surface area contributed by atoms with E-state index in [-0.39, 0.29) is 12.4 Å². The van der Waals surface area contributed by atoms with Crippen LogP contribution < -0.4 is 0 Å². The smallest absolute Gasteiger partial charge is 0.188 e. The molecule has 0 saturated heterocycles. The van der Waals surface area contributed by atoms with Crippen LogP contribution >= 0.6 is 0 Å². The molecule has 0 aliphatic carbocycles. The first-order valence-electron chi connectivity index (χ1n) is 4.96. The maximum Gasteiger partial charge on any atom is 0.188 e. The van der Waals surface area contributed by atoms with Gasteiger partial charge in [-0.1, -0.05) is 26.0 Å². The highest BCUT2D eigenvalue weighted by molar-refractivity contribution is 5.97. The van der Waals surface area contributed by atoms with Crippen molar-refractivity contribution in [3.63, 3.8) is 0 Å². The molecule has 15 heavy (non-hydrogen) atoms. The summed E-state index contributed by atoms with van der Waals surface area (Å²) < 4.78 is 18.0. The van der Waals surface area contributed by atoms with E-state index >= 15 is 0 Å². The maximum atomic E-state index is 12.8. The fourth-order valence-electron chi connectivity index (χ4n) is 1.13. The van der Waals surface area contributed by atoms with E-state index in [9.17, 15) is 9.18 Å². The second-order valence-electron chi connectivity index (χ2n) is 3.84. The van der Waals surface area contributed by atoms with E-state index in [0.29, 0.717) is 18.1 Å². The summed E-state index contributed by atoms with van der Waals surface area (Å²) in [7, 11) is 0. The zero-order chi connectivity index (χ0) is 11.3. The summed E-state index contributed by atoms with van der Waals surface area (Å²) >= 11 is 0. The number of benzene rings is 1. The lowest BCUT2D eigenvalue weighted by Gasteiger charge is -2.05. The van der Waals surface area contributed by atoms with Crippen molar-refractivity contribution in [3.8, 4) is 0 Å². The number of ketones is 1. The largest absolute Gasteiger partial charge is 0.373 e. The zero-order valence-corrected chi connectivity index (χ0v) is 9.00. The van der Waals surface area contributed by atoms with Crippen LogP contribution in [0.1, 0.15) is 24.2 Å². The second kappa shape index (κ2) is 5.61. The van der Waals surface area contributed by atoms with Gasteiger partial charge in [0, 0.05) is 12.2 Å². The summed E-state index contributed by atoms with van der Waals surface area (Å²) in [5.74, 6) is -0.190. The Morgan fingerprint density at radius 3 is 2.80 bits per heavy atom. The molecule has 2 nitrogen and oxygen atoms in total. The predicted molar refractivity (Wildman–Crippen MR) is 56.4 cm³/mol. The summed E-state index contributed by atoms with van der Waals surface area (Å²) in [6.07, 6.45) is 0. The van der Waals surface area contributed by atoms with Crippen molar-refractivity contribution in [2.45, 2.75) is 13.8 Å². The third-order valence-electron chi connectivity index (χ3n) is 1.83. The molecule has 0 bridgehead atoms. The Morgan fingerprint density at radius 1 is 1.47 bits per heavy atom. The SMILES string of the molecule is CC(C)COCC(=O)c1cccc(F)c1. The van der Waals surface area contributed by atoms with Crippen LogP contribution in [0.4, 0.5) is 4.39 Å². The third kappa shape index (κ3) is 4.21. The van der Waals surface area contributed by atoms with Crippen LogP contribution in [0.5, 0.6) is 0 Å². The molecule has 0 aliphatic rings. The van der Waals surface area contributed by atoms with Crippen molar-refractivity contribution >= 4 is 5.78 Å². The minimum absolute atomic E-state index is 0.0155. The van der Waals surface area contributed by atoms with E-state index in [1.165, 1.54) is 18.2 Å². The maximum absolute atomic E-state index is 12.8. The van der Waals surface area contributed by atoms with Gasteiger partial charge in [0.15, 0.2) is 5.78 Å². The number of hydrogen-bond donors (Lipinski definition) is 0. The van der Waals surface area contributed by atoms with Gasteiger partial charge in [0.25, 0.3) is 0 Å². The van der Waals surface area contributed by atoms with Gasteiger partial charge in [0.1, 0.15) is 12.4 Å². The average molecular weight is 210 g/mol. The lowest BCUT2D eigenvalue weighted by molar-refractivity contribution is 0.0705. The summed E-state index contributed by atoms with van der Waals surface area (Å²) in [4.78, 5) is 11.5. The van der Waals surface area contributed by atoms with Crippen LogP contribution in [0.25, 0.3) is 0 Å². The molecule has 0 aliphatic heterocycles. The van der Waals surface area contributed by atoms with E-state index in [1.807, 2.05) is 13.8 Å². The van der Waals surface area contributed by atoms with E-state index in [0.717, 1.165) is 0 Å². The van der Waals surface area contributed by atoms with Crippen molar-refractivity contribution in [3.05, 3.63) is 35.6 Å².